The summed E-state index contributed by atoms with van der Waals surface area (Å²) in [5.41, 5.74) is 10.5. The number of fused-ring (bicyclic) bond motifs is 1. The van der Waals surface area contributed by atoms with Gasteiger partial charge in [-0.15, -0.1) is 0 Å². The van der Waals surface area contributed by atoms with E-state index in [0.29, 0.717) is 5.69 Å². The minimum atomic E-state index is 0.00716. The third-order valence-electron chi connectivity index (χ3n) is 4.28. The molecule has 4 rings (SSSR count). The molecule has 0 aliphatic carbocycles. The van der Waals surface area contributed by atoms with Crippen LogP contribution in [0.1, 0.15) is 18.5 Å². The number of aromatic nitrogens is 4. The highest BCUT2D eigenvalue weighted by atomic mass is 15.0. The van der Waals surface area contributed by atoms with Crippen molar-refractivity contribution in [3.8, 4) is 11.3 Å². The van der Waals surface area contributed by atoms with Crippen LogP contribution in [0.2, 0.25) is 0 Å². The van der Waals surface area contributed by atoms with Crippen molar-refractivity contribution in [1.82, 2.24) is 19.9 Å². The van der Waals surface area contributed by atoms with E-state index in [2.05, 4.69) is 38.2 Å². The fraction of sp³-hybridized carbons (Fsp3) is 0.100. The molecule has 0 aliphatic heterocycles. The number of hydrogen-bond acceptors (Lipinski definition) is 6. The number of anilines is 2. The van der Waals surface area contributed by atoms with E-state index in [1.165, 1.54) is 0 Å². The molecular formula is C20H18N6. The van der Waals surface area contributed by atoms with Gasteiger partial charge in [-0.1, -0.05) is 24.3 Å². The van der Waals surface area contributed by atoms with Crippen LogP contribution >= 0.6 is 0 Å². The van der Waals surface area contributed by atoms with Crippen LogP contribution in [0.5, 0.6) is 0 Å². The molecule has 128 valence electrons. The Morgan fingerprint density at radius 1 is 1.00 bits per heavy atom. The molecule has 0 amide bonds. The lowest BCUT2D eigenvalue weighted by Gasteiger charge is -2.19. The minimum absolute atomic E-state index is 0.00716. The molecule has 0 aliphatic rings. The standard InChI is InChI=1S/C20H18N6/c1-13(15-4-2-3-5-16(15)19-11-22-8-9-23-19)26-20-17-10-14(21)6-7-18(17)24-12-25-20/h2-13H,21H2,1H3,(H,24,25,26). The SMILES string of the molecule is CC(Nc1ncnc2ccc(N)cc12)c1ccccc1-c1cnccn1. The fourth-order valence-electron chi connectivity index (χ4n) is 3.02. The van der Waals surface area contributed by atoms with Gasteiger partial charge >= 0.3 is 0 Å². The molecule has 26 heavy (non-hydrogen) atoms. The number of rotatable bonds is 4. The normalized spacial score (nSPS) is 12.0. The molecule has 0 bridgehead atoms. The van der Waals surface area contributed by atoms with Crippen LogP contribution in [-0.2, 0) is 0 Å². The van der Waals surface area contributed by atoms with Crippen molar-refractivity contribution < 1.29 is 0 Å². The van der Waals surface area contributed by atoms with Gasteiger partial charge in [0, 0.05) is 29.0 Å². The maximum absolute atomic E-state index is 5.94. The number of benzene rings is 2. The zero-order valence-corrected chi connectivity index (χ0v) is 14.3. The maximum Gasteiger partial charge on any atom is 0.137 e. The van der Waals surface area contributed by atoms with Crippen molar-refractivity contribution in [2.24, 2.45) is 0 Å². The molecule has 2 aromatic carbocycles. The largest absolute Gasteiger partial charge is 0.399 e. The van der Waals surface area contributed by atoms with E-state index in [4.69, 9.17) is 5.73 Å². The Morgan fingerprint density at radius 2 is 1.88 bits per heavy atom. The van der Waals surface area contributed by atoms with Crippen LogP contribution in [0.3, 0.4) is 0 Å². The number of nitrogen functional groups attached to an aromatic ring is 1. The average molecular weight is 342 g/mol. The van der Waals surface area contributed by atoms with Crippen molar-refractivity contribution in [3.05, 3.63) is 72.9 Å². The van der Waals surface area contributed by atoms with Crippen LogP contribution in [0.4, 0.5) is 11.5 Å². The zero-order valence-electron chi connectivity index (χ0n) is 14.3. The van der Waals surface area contributed by atoms with Crippen LogP contribution < -0.4 is 11.1 Å². The third kappa shape index (κ3) is 3.04. The molecule has 0 fully saturated rings. The summed E-state index contributed by atoms with van der Waals surface area (Å²) < 4.78 is 0. The van der Waals surface area contributed by atoms with Gasteiger partial charge in [-0.05, 0) is 30.7 Å². The van der Waals surface area contributed by atoms with Gasteiger partial charge in [0.1, 0.15) is 12.1 Å². The molecular weight excluding hydrogens is 324 g/mol. The lowest BCUT2D eigenvalue weighted by atomic mass is 9.99. The van der Waals surface area contributed by atoms with Gasteiger partial charge in [-0.2, -0.15) is 0 Å². The molecule has 1 atom stereocenters. The quantitative estimate of drug-likeness (QED) is 0.548. The summed E-state index contributed by atoms with van der Waals surface area (Å²) in [5, 5.41) is 4.38. The Bertz CT molecular complexity index is 1050. The van der Waals surface area contributed by atoms with Gasteiger partial charge in [0.2, 0.25) is 0 Å². The summed E-state index contributed by atoms with van der Waals surface area (Å²) in [7, 11) is 0. The molecule has 6 nitrogen and oxygen atoms in total. The molecule has 0 spiro atoms. The predicted molar refractivity (Wildman–Crippen MR) is 103 cm³/mol. The van der Waals surface area contributed by atoms with E-state index in [9.17, 15) is 0 Å². The lowest BCUT2D eigenvalue weighted by Crippen LogP contribution is -2.10. The molecule has 1 unspecified atom stereocenters. The Hall–Kier alpha value is -3.54. The first-order chi connectivity index (χ1) is 12.7. The first-order valence-electron chi connectivity index (χ1n) is 8.34. The maximum atomic E-state index is 5.94. The Balaban J connectivity index is 1.72. The van der Waals surface area contributed by atoms with Crippen molar-refractivity contribution in [2.45, 2.75) is 13.0 Å². The van der Waals surface area contributed by atoms with Gasteiger partial charge in [0.05, 0.1) is 23.4 Å². The van der Waals surface area contributed by atoms with E-state index in [-0.39, 0.29) is 6.04 Å². The lowest BCUT2D eigenvalue weighted by molar-refractivity contribution is 0.876. The molecule has 3 N–H and O–H groups in total. The van der Waals surface area contributed by atoms with Crippen LogP contribution in [0.15, 0.2) is 67.4 Å². The van der Waals surface area contributed by atoms with E-state index >= 15 is 0 Å². The van der Waals surface area contributed by atoms with Crippen molar-refractivity contribution in [1.29, 1.82) is 0 Å². The molecule has 0 radical (unpaired) electrons. The Kier molecular flexibility index (Phi) is 4.15. The van der Waals surface area contributed by atoms with Crippen LogP contribution in [0.25, 0.3) is 22.2 Å². The first-order valence-corrected chi connectivity index (χ1v) is 8.34. The Labute approximate surface area is 151 Å². The summed E-state index contributed by atoms with van der Waals surface area (Å²) in [6.45, 7) is 2.09. The smallest absolute Gasteiger partial charge is 0.137 e. The van der Waals surface area contributed by atoms with E-state index in [0.717, 1.165) is 33.5 Å². The van der Waals surface area contributed by atoms with Gasteiger partial charge < -0.3 is 11.1 Å². The molecule has 2 aromatic heterocycles. The number of nitrogens with zero attached hydrogens (tertiary/aromatic N) is 4. The van der Waals surface area contributed by atoms with Gasteiger partial charge in [-0.3, -0.25) is 9.97 Å². The van der Waals surface area contributed by atoms with Crippen LogP contribution in [0, 0.1) is 0 Å². The predicted octanol–water partition coefficient (Wildman–Crippen LogP) is 3.84. The number of nitrogens with one attached hydrogen (secondary N) is 1. The molecule has 2 heterocycles. The second-order valence-electron chi connectivity index (χ2n) is 6.04. The highest BCUT2D eigenvalue weighted by molar-refractivity contribution is 5.91. The van der Waals surface area contributed by atoms with Gasteiger partial charge in [0.15, 0.2) is 0 Å². The molecule has 0 saturated heterocycles. The second-order valence-corrected chi connectivity index (χ2v) is 6.04. The second kappa shape index (κ2) is 6.76. The number of nitrogens with two attached hydrogens (primary N) is 1. The third-order valence-corrected chi connectivity index (χ3v) is 4.28. The van der Waals surface area contributed by atoms with Gasteiger partial charge in [-0.25, -0.2) is 9.97 Å². The summed E-state index contributed by atoms with van der Waals surface area (Å²) in [6.07, 6.45) is 6.70. The molecule has 6 heteroatoms. The molecule has 4 aromatic rings. The van der Waals surface area contributed by atoms with Crippen molar-refractivity contribution in [3.63, 3.8) is 0 Å². The van der Waals surface area contributed by atoms with E-state index in [1.54, 1.807) is 24.9 Å². The van der Waals surface area contributed by atoms with Crippen LogP contribution in [-0.4, -0.2) is 19.9 Å². The highest BCUT2D eigenvalue weighted by Crippen LogP contribution is 2.30. The van der Waals surface area contributed by atoms with Crippen molar-refractivity contribution >= 4 is 22.4 Å². The topological polar surface area (TPSA) is 89.6 Å². The summed E-state index contributed by atoms with van der Waals surface area (Å²) in [6, 6.07) is 13.8. The monoisotopic (exact) mass is 342 g/mol. The average Bonchev–Trinajstić information content (AvgIpc) is 2.69. The summed E-state index contributed by atoms with van der Waals surface area (Å²) in [5.74, 6) is 0.753. The Morgan fingerprint density at radius 3 is 2.73 bits per heavy atom. The van der Waals surface area contributed by atoms with E-state index in [1.807, 2.05) is 36.4 Å². The first kappa shape index (κ1) is 16.0. The summed E-state index contributed by atoms with van der Waals surface area (Å²) in [4.78, 5) is 17.3. The number of hydrogen-bond donors (Lipinski definition) is 2. The summed E-state index contributed by atoms with van der Waals surface area (Å²) >= 11 is 0. The highest BCUT2D eigenvalue weighted by Gasteiger charge is 2.14. The zero-order chi connectivity index (χ0) is 17.9. The molecule has 0 saturated carbocycles. The minimum Gasteiger partial charge on any atom is -0.399 e. The van der Waals surface area contributed by atoms with Gasteiger partial charge in [0.25, 0.3) is 0 Å². The van der Waals surface area contributed by atoms with E-state index < -0.39 is 0 Å². The van der Waals surface area contributed by atoms with Crippen molar-refractivity contribution in [2.75, 3.05) is 11.1 Å². The fourth-order valence-corrected chi connectivity index (χ4v) is 3.02.